The molecule has 2 aromatic carbocycles. The van der Waals surface area contributed by atoms with Gasteiger partial charge in [-0.25, -0.2) is 15.0 Å². The maximum absolute atomic E-state index is 9.08. The molecule has 0 radical (unpaired) electrons. The van der Waals surface area contributed by atoms with E-state index in [1.807, 2.05) is 42.5 Å². The highest BCUT2D eigenvalue weighted by atomic mass is 15.1. The van der Waals surface area contributed by atoms with Crippen LogP contribution in [0, 0.1) is 11.3 Å². The fourth-order valence-corrected chi connectivity index (χ4v) is 5.52. The first kappa shape index (κ1) is 28.5. The first-order valence-corrected chi connectivity index (χ1v) is 14.6. The van der Waals surface area contributed by atoms with E-state index in [9.17, 15) is 0 Å². The summed E-state index contributed by atoms with van der Waals surface area (Å²) in [6, 6.07) is 28.7. The number of nitrogen functional groups attached to an aromatic ring is 1. The van der Waals surface area contributed by atoms with Gasteiger partial charge in [0.05, 0.1) is 28.9 Å². The predicted molar refractivity (Wildman–Crippen MR) is 176 cm³/mol. The van der Waals surface area contributed by atoms with Gasteiger partial charge in [-0.3, -0.25) is 14.5 Å². The standard InChI is InChI=1S/C35H33N9/c1-2-24(22-36)21-32(37)40-27-16-19-43(20-17-27)23-25-10-12-28(13-11-25)44-34(29-9-6-18-39-33(29)38)42-31-15-14-30(41-35(31)44)26-7-4-3-5-8-26/h2-15,18,21,27H,1,16-17,19-20,23H2,(H2,37,40)(H2,38,39)/b24-21+. The van der Waals surface area contributed by atoms with Crippen LogP contribution in [0.1, 0.15) is 18.4 Å². The Morgan fingerprint density at radius 2 is 1.77 bits per heavy atom. The summed E-state index contributed by atoms with van der Waals surface area (Å²) in [5.74, 6) is 1.49. The van der Waals surface area contributed by atoms with E-state index >= 15 is 0 Å². The van der Waals surface area contributed by atoms with Gasteiger partial charge in [0, 0.05) is 37.1 Å². The summed E-state index contributed by atoms with van der Waals surface area (Å²) in [5, 5.41) is 9.08. The Morgan fingerprint density at radius 1 is 1.00 bits per heavy atom. The topological polar surface area (TPSA) is 135 Å². The van der Waals surface area contributed by atoms with Crippen molar-refractivity contribution in [3.63, 3.8) is 0 Å². The number of pyridine rings is 2. The summed E-state index contributed by atoms with van der Waals surface area (Å²) in [4.78, 5) is 21.4. The lowest BCUT2D eigenvalue weighted by Gasteiger charge is -2.30. The molecule has 3 aromatic heterocycles. The van der Waals surface area contributed by atoms with Crippen molar-refractivity contribution in [1.29, 1.82) is 5.26 Å². The molecule has 6 rings (SSSR count). The van der Waals surface area contributed by atoms with Gasteiger partial charge >= 0.3 is 0 Å². The molecular weight excluding hydrogens is 546 g/mol. The SMILES string of the molecule is C=C/C(C#N)=C\C(N)=NC1CCN(Cc2ccc(-n3c(-c4cccnc4N)nc4ccc(-c5ccccc5)nc43)cc2)CC1. The minimum Gasteiger partial charge on any atom is -0.384 e. The molecule has 0 unspecified atom stereocenters. The average molecular weight is 580 g/mol. The average Bonchev–Trinajstić information content (AvgIpc) is 3.44. The number of aromatic nitrogens is 4. The maximum Gasteiger partial charge on any atom is 0.165 e. The number of anilines is 1. The van der Waals surface area contributed by atoms with Gasteiger partial charge in [-0.05, 0) is 60.9 Å². The Morgan fingerprint density at radius 3 is 2.48 bits per heavy atom. The maximum atomic E-state index is 9.08. The molecule has 1 fully saturated rings. The lowest BCUT2D eigenvalue weighted by molar-refractivity contribution is 0.206. The monoisotopic (exact) mass is 579 g/mol. The fraction of sp³-hybridized carbons (Fsp3) is 0.171. The zero-order valence-electron chi connectivity index (χ0n) is 24.3. The summed E-state index contributed by atoms with van der Waals surface area (Å²) in [5.41, 5.74) is 19.1. The van der Waals surface area contributed by atoms with Crippen LogP contribution in [0.15, 0.2) is 114 Å². The van der Waals surface area contributed by atoms with Gasteiger partial charge in [0.1, 0.15) is 17.2 Å². The Labute approximate surface area is 256 Å². The van der Waals surface area contributed by atoms with Crippen molar-refractivity contribution >= 4 is 22.8 Å². The molecule has 0 aliphatic carbocycles. The molecule has 0 amide bonds. The lowest BCUT2D eigenvalue weighted by atomic mass is 10.0. The molecule has 218 valence electrons. The zero-order valence-corrected chi connectivity index (χ0v) is 24.3. The van der Waals surface area contributed by atoms with Crippen molar-refractivity contribution in [1.82, 2.24) is 24.4 Å². The molecule has 5 aromatic rings. The quantitative estimate of drug-likeness (QED) is 0.104. The smallest absolute Gasteiger partial charge is 0.165 e. The van der Waals surface area contributed by atoms with Gasteiger partial charge in [0.15, 0.2) is 11.5 Å². The largest absolute Gasteiger partial charge is 0.384 e. The highest BCUT2D eigenvalue weighted by Gasteiger charge is 2.21. The number of nitrogens with two attached hydrogens (primary N) is 2. The second kappa shape index (κ2) is 12.7. The van der Waals surface area contributed by atoms with Crippen LogP contribution >= 0.6 is 0 Å². The number of nitrogens with zero attached hydrogens (tertiary/aromatic N) is 7. The number of rotatable bonds is 8. The zero-order chi connectivity index (χ0) is 30.5. The van der Waals surface area contributed by atoms with E-state index in [1.54, 1.807) is 12.3 Å². The molecule has 4 heterocycles. The van der Waals surface area contributed by atoms with E-state index < -0.39 is 0 Å². The number of hydrogen-bond acceptors (Lipinski definition) is 7. The van der Waals surface area contributed by atoms with Crippen molar-refractivity contribution in [2.45, 2.75) is 25.4 Å². The van der Waals surface area contributed by atoms with Gasteiger partial charge in [0.25, 0.3) is 0 Å². The molecule has 1 aliphatic heterocycles. The van der Waals surface area contributed by atoms with Crippen LogP contribution in [0.25, 0.3) is 39.5 Å². The van der Waals surface area contributed by atoms with Crippen molar-refractivity contribution < 1.29 is 0 Å². The summed E-state index contributed by atoms with van der Waals surface area (Å²) in [7, 11) is 0. The third-order valence-electron chi connectivity index (χ3n) is 7.80. The minimum atomic E-state index is 0.149. The van der Waals surface area contributed by atoms with Crippen molar-refractivity contribution in [3.8, 4) is 34.4 Å². The second-order valence-electron chi connectivity index (χ2n) is 10.8. The molecule has 9 nitrogen and oxygen atoms in total. The number of amidine groups is 1. The third-order valence-corrected chi connectivity index (χ3v) is 7.80. The number of likely N-dealkylation sites (tertiary alicyclic amines) is 1. The number of benzene rings is 2. The third kappa shape index (κ3) is 6.11. The number of aliphatic imine (C=N–C) groups is 1. The summed E-state index contributed by atoms with van der Waals surface area (Å²) >= 11 is 0. The van der Waals surface area contributed by atoms with Crippen molar-refractivity contribution in [2.24, 2.45) is 10.7 Å². The Hall–Kier alpha value is -5.59. The van der Waals surface area contributed by atoms with Gasteiger partial charge < -0.3 is 11.5 Å². The van der Waals surface area contributed by atoms with Crippen LogP contribution in [0.5, 0.6) is 0 Å². The van der Waals surface area contributed by atoms with Crippen LogP contribution < -0.4 is 11.5 Å². The Kier molecular flexibility index (Phi) is 8.25. The number of imidazole rings is 1. The highest BCUT2D eigenvalue weighted by Crippen LogP contribution is 2.32. The van der Waals surface area contributed by atoms with E-state index in [4.69, 9.17) is 26.7 Å². The molecule has 0 atom stereocenters. The van der Waals surface area contributed by atoms with Gasteiger partial charge in [-0.2, -0.15) is 5.26 Å². The highest BCUT2D eigenvalue weighted by molar-refractivity contribution is 5.93. The number of fused-ring (bicyclic) bond motifs is 1. The van der Waals surface area contributed by atoms with Crippen molar-refractivity contribution in [3.05, 3.63) is 115 Å². The molecule has 44 heavy (non-hydrogen) atoms. The van der Waals surface area contributed by atoms with Crippen LogP contribution in [0.3, 0.4) is 0 Å². The van der Waals surface area contributed by atoms with Gasteiger partial charge in [0.2, 0.25) is 0 Å². The second-order valence-corrected chi connectivity index (χ2v) is 10.8. The first-order valence-electron chi connectivity index (χ1n) is 14.6. The van der Waals surface area contributed by atoms with Crippen LogP contribution in [-0.4, -0.2) is 49.4 Å². The number of allylic oxidation sites excluding steroid dienone is 2. The van der Waals surface area contributed by atoms with Gasteiger partial charge in [-0.1, -0.05) is 55.1 Å². The first-order chi connectivity index (χ1) is 21.5. The molecule has 1 aliphatic rings. The van der Waals surface area contributed by atoms with Crippen LogP contribution in [-0.2, 0) is 6.54 Å². The summed E-state index contributed by atoms with van der Waals surface area (Å²) in [6.07, 6.45) is 6.57. The molecule has 0 saturated carbocycles. The molecule has 1 saturated heterocycles. The van der Waals surface area contributed by atoms with E-state index in [0.29, 0.717) is 23.1 Å². The summed E-state index contributed by atoms with van der Waals surface area (Å²) in [6.45, 7) is 6.30. The van der Waals surface area contributed by atoms with Crippen LogP contribution in [0.4, 0.5) is 5.82 Å². The normalized spacial score (nSPS) is 14.9. The number of nitriles is 1. The van der Waals surface area contributed by atoms with E-state index in [2.05, 4.69) is 68.5 Å². The minimum absolute atomic E-state index is 0.149. The molecule has 0 spiro atoms. The van der Waals surface area contributed by atoms with E-state index in [-0.39, 0.29) is 6.04 Å². The lowest BCUT2D eigenvalue weighted by Crippen LogP contribution is -2.35. The van der Waals surface area contributed by atoms with Crippen molar-refractivity contribution in [2.75, 3.05) is 18.8 Å². The Balaban J connectivity index is 1.25. The molecule has 9 heteroatoms. The Bertz CT molecular complexity index is 1890. The van der Waals surface area contributed by atoms with E-state index in [0.717, 1.165) is 66.1 Å². The number of piperidine rings is 1. The molecular formula is C35H33N9. The molecule has 0 bridgehead atoms. The predicted octanol–water partition coefficient (Wildman–Crippen LogP) is 5.69. The number of hydrogen-bond donors (Lipinski definition) is 2. The summed E-state index contributed by atoms with van der Waals surface area (Å²) < 4.78 is 2.06. The van der Waals surface area contributed by atoms with E-state index in [1.165, 1.54) is 11.6 Å². The molecule has 4 N–H and O–H groups in total. The fourth-order valence-electron chi connectivity index (χ4n) is 5.52. The van der Waals surface area contributed by atoms with Gasteiger partial charge in [-0.15, -0.1) is 0 Å². The van der Waals surface area contributed by atoms with Crippen LogP contribution in [0.2, 0.25) is 0 Å².